The van der Waals surface area contributed by atoms with Crippen molar-refractivity contribution in [2.24, 2.45) is 0 Å². The lowest BCUT2D eigenvalue weighted by molar-refractivity contribution is -0.156. The van der Waals surface area contributed by atoms with Crippen LogP contribution in [0.1, 0.15) is 40.0 Å². The summed E-state index contributed by atoms with van der Waals surface area (Å²) in [6.45, 7) is 5.40. The van der Waals surface area contributed by atoms with E-state index in [2.05, 4.69) is 0 Å². The summed E-state index contributed by atoms with van der Waals surface area (Å²) in [5, 5.41) is 0. The second-order valence-electron chi connectivity index (χ2n) is 6.19. The molecule has 0 aromatic heterocycles. The van der Waals surface area contributed by atoms with E-state index < -0.39 is 12.2 Å². The van der Waals surface area contributed by atoms with Gasteiger partial charge in [0.15, 0.2) is 0 Å². The highest BCUT2D eigenvalue weighted by Gasteiger charge is 2.39. The van der Waals surface area contributed by atoms with Gasteiger partial charge in [-0.2, -0.15) is 0 Å². The molecular formula is C12H22BO4-. The average Bonchev–Trinajstić information content (AvgIpc) is 2.75. The fraction of sp³-hybridized carbons (Fsp3) is 0.917. The first-order valence-corrected chi connectivity index (χ1v) is 6.59. The number of esters is 1. The highest BCUT2D eigenvalue weighted by Crippen LogP contribution is 2.37. The van der Waals surface area contributed by atoms with Crippen molar-refractivity contribution in [3.05, 3.63) is 0 Å². The van der Waals surface area contributed by atoms with E-state index in [1.807, 2.05) is 20.8 Å². The molecule has 0 radical (unpaired) electrons. The minimum Gasteiger partial charge on any atom is -0.568 e. The van der Waals surface area contributed by atoms with E-state index in [0.717, 1.165) is 32.1 Å². The van der Waals surface area contributed by atoms with Gasteiger partial charge in [-0.3, -0.25) is 4.79 Å². The third-order valence-corrected chi connectivity index (χ3v) is 3.39. The van der Waals surface area contributed by atoms with Crippen molar-refractivity contribution in [1.29, 1.82) is 0 Å². The number of hydrogen-bond donors (Lipinski definition) is 0. The molecule has 0 aromatic rings. The summed E-state index contributed by atoms with van der Waals surface area (Å²) in [6, 6.07) is 0. The maximum absolute atomic E-state index is 11.7. The minimum atomic E-state index is -1.05. The van der Waals surface area contributed by atoms with Gasteiger partial charge in [0, 0.05) is 6.10 Å². The van der Waals surface area contributed by atoms with Crippen molar-refractivity contribution in [3.8, 4) is 0 Å². The molecule has 0 aromatic carbocycles. The Hall–Kier alpha value is -0.545. The predicted molar refractivity (Wildman–Crippen MR) is 65.9 cm³/mol. The van der Waals surface area contributed by atoms with Crippen LogP contribution in [0, 0.1) is 0 Å². The van der Waals surface area contributed by atoms with Crippen molar-refractivity contribution in [3.63, 3.8) is 0 Å². The summed E-state index contributed by atoms with van der Waals surface area (Å²) in [6.07, 6.45) is 4.32. The van der Waals surface area contributed by atoms with E-state index in [1.54, 1.807) is 0 Å². The third-order valence-electron chi connectivity index (χ3n) is 3.39. The average molecular weight is 241 g/mol. The smallest absolute Gasteiger partial charge is 0.308 e. The van der Waals surface area contributed by atoms with Crippen LogP contribution in [0.5, 0.6) is 0 Å². The second kappa shape index (κ2) is 4.61. The van der Waals surface area contributed by atoms with Crippen LogP contribution in [0.4, 0.5) is 0 Å². The zero-order valence-electron chi connectivity index (χ0n) is 11.0. The maximum Gasteiger partial charge on any atom is 0.308 e. The summed E-state index contributed by atoms with van der Waals surface area (Å²) in [7, 11) is 0. The Bertz CT molecular complexity index is 291. The zero-order valence-corrected chi connectivity index (χ0v) is 11.0. The van der Waals surface area contributed by atoms with Crippen molar-refractivity contribution < 1.29 is 18.8 Å². The lowest BCUT2D eigenvalue weighted by atomic mass is 9.54. The highest BCUT2D eigenvalue weighted by molar-refractivity contribution is 6.68. The van der Waals surface area contributed by atoms with E-state index in [1.165, 1.54) is 0 Å². The van der Waals surface area contributed by atoms with Gasteiger partial charge in [0.05, 0.1) is 6.42 Å². The van der Waals surface area contributed by atoms with Crippen LogP contribution in [0.25, 0.3) is 0 Å². The molecule has 98 valence electrons. The summed E-state index contributed by atoms with van der Waals surface area (Å²) in [4.78, 5) is 11.7. The lowest BCUT2D eigenvalue weighted by Crippen LogP contribution is -2.35. The van der Waals surface area contributed by atoms with Crippen LogP contribution >= 0.6 is 0 Å². The Kier molecular flexibility index (Phi) is 3.50. The fourth-order valence-corrected chi connectivity index (χ4v) is 2.76. The summed E-state index contributed by atoms with van der Waals surface area (Å²) in [5.74, 6) is -0.173. The molecular weight excluding hydrogens is 219 g/mol. The van der Waals surface area contributed by atoms with E-state index in [9.17, 15) is 4.79 Å². The van der Waals surface area contributed by atoms with Crippen LogP contribution < -0.4 is 0 Å². The Labute approximate surface area is 103 Å². The van der Waals surface area contributed by atoms with Gasteiger partial charge in [-0.1, -0.05) is 12.8 Å². The molecule has 2 rings (SSSR count). The second-order valence-corrected chi connectivity index (χ2v) is 6.19. The largest absolute Gasteiger partial charge is 0.568 e. The van der Waals surface area contributed by atoms with Crippen LogP contribution in [-0.2, 0) is 18.8 Å². The Morgan fingerprint density at radius 1 is 1.41 bits per heavy atom. The molecule has 0 amide bonds. The molecule has 2 aliphatic rings. The van der Waals surface area contributed by atoms with E-state index >= 15 is 0 Å². The minimum absolute atomic E-state index is 0.0112. The zero-order chi connectivity index (χ0) is 12.5. The van der Waals surface area contributed by atoms with Gasteiger partial charge in [-0.05, 0) is 27.4 Å². The molecule has 2 fully saturated rings. The molecule has 17 heavy (non-hydrogen) atoms. The first kappa shape index (κ1) is 12.9. The molecule has 0 aliphatic carbocycles. The van der Waals surface area contributed by atoms with Crippen LogP contribution in [0.15, 0.2) is 0 Å². The molecule has 1 spiro atoms. The highest BCUT2D eigenvalue weighted by atomic mass is 16.6. The molecule has 2 aliphatic heterocycles. The summed E-state index contributed by atoms with van der Waals surface area (Å²) in [5.41, 5.74) is -0.414. The van der Waals surface area contributed by atoms with Crippen LogP contribution in [0.3, 0.4) is 0 Å². The van der Waals surface area contributed by atoms with Crippen molar-refractivity contribution in [2.75, 3.05) is 6.61 Å². The van der Waals surface area contributed by atoms with E-state index in [0.29, 0.717) is 6.42 Å². The molecule has 2 heterocycles. The number of carbonyl (C=O) groups excluding carboxylic acids is 1. The summed E-state index contributed by atoms with van der Waals surface area (Å²) < 4.78 is 16.9. The third kappa shape index (κ3) is 3.46. The fourth-order valence-electron chi connectivity index (χ4n) is 2.76. The molecule has 0 saturated carbocycles. The predicted octanol–water partition coefficient (Wildman–Crippen LogP) is 2.37. The summed E-state index contributed by atoms with van der Waals surface area (Å²) >= 11 is 0. The monoisotopic (exact) mass is 241 g/mol. The number of carbonyl (C=O) groups is 1. The van der Waals surface area contributed by atoms with Crippen molar-refractivity contribution >= 4 is 12.5 Å². The topological polar surface area (TPSA) is 44.8 Å². The molecule has 2 atom stereocenters. The van der Waals surface area contributed by atoms with Crippen LogP contribution in [0.2, 0.25) is 12.6 Å². The first-order valence-electron chi connectivity index (χ1n) is 6.59. The van der Waals surface area contributed by atoms with E-state index in [4.69, 9.17) is 14.0 Å². The number of hydrogen-bond acceptors (Lipinski definition) is 4. The van der Waals surface area contributed by atoms with Gasteiger partial charge in [0.2, 0.25) is 6.55 Å². The maximum atomic E-state index is 11.7. The molecule has 0 N–H and O–H groups in total. The molecule has 2 saturated heterocycles. The Morgan fingerprint density at radius 3 is 2.76 bits per heavy atom. The van der Waals surface area contributed by atoms with Gasteiger partial charge < -0.3 is 14.0 Å². The lowest BCUT2D eigenvalue weighted by Gasteiger charge is -2.31. The van der Waals surface area contributed by atoms with Crippen molar-refractivity contribution in [2.45, 2.75) is 64.4 Å². The number of rotatable bonds is 2. The van der Waals surface area contributed by atoms with Gasteiger partial charge in [0.1, 0.15) is 5.60 Å². The van der Waals surface area contributed by atoms with Gasteiger partial charge in [0.25, 0.3) is 0 Å². The molecule has 4 nitrogen and oxygen atoms in total. The van der Waals surface area contributed by atoms with Crippen LogP contribution in [-0.4, -0.2) is 30.8 Å². The normalized spacial score (nSPS) is 33.2. The molecule has 1 unspecified atom stereocenters. The van der Waals surface area contributed by atoms with Crippen molar-refractivity contribution in [1.82, 2.24) is 0 Å². The number of ether oxygens (including phenoxy) is 1. The van der Waals surface area contributed by atoms with Gasteiger partial charge in [-0.25, -0.2) is 0 Å². The first-order chi connectivity index (χ1) is 7.89. The SMILES string of the molecule is CC(C)(C)OC(=O)C[C@@H]1CC[B-]2(CCCO2)O1. The van der Waals surface area contributed by atoms with E-state index in [-0.39, 0.29) is 12.1 Å². The Balaban J connectivity index is 1.79. The standard InChI is InChI=1S/C12H22BO4/c1-12(2,3)16-11(14)9-10-5-7-13(17-10)6-4-8-15-13/h10H,4-9H2,1-3H3/q-1/t10-,13?/m0/s1. The Morgan fingerprint density at radius 2 is 2.18 bits per heavy atom. The molecule has 5 heteroatoms. The molecule has 0 bridgehead atoms. The van der Waals surface area contributed by atoms with Gasteiger partial charge >= 0.3 is 5.97 Å². The quantitative estimate of drug-likeness (QED) is 0.550. The van der Waals surface area contributed by atoms with Gasteiger partial charge in [-0.15, -0.1) is 12.6 Å².